The predicted octanol–water partition coefficient (Wildman–Crippen LogP) is 3.06. The summed E-state index contributed by atoms with van der Waals surface area (Å²) in [6.45, 7) is 0. The molecule has 96 valence electrons. The van der Waals surface area contributed by atoms with Gasteiger partial charge in [0.15, 0.2) is 0 Å². The van der Waals surface area contributed by atoms with Crippen LogP contribution < -0.4 is 0 Å². The molecule has 0 N–H and O–H groups in total. The van der Waals surface area contributed by atoms with Crippen LogP contribution in [0.25, 0.3) is 0 Å². The smallest absolute Gasteiger partial charge is 0.291 e. The number of hydrogen-bond acceptors (Lipinski definition) is 2. The van der Waals surface area contributed by atoms with Crippen molar-refractivity contribution in [2.75, 3.05) is 0 Å². The Morgan fingerprint density at radius 3 is 2.00 bits per heavy atom. The Balaban J connectivity index is 3.14. The van der Waals surface area contributed by atoms with Crippen molar-refractivity contribution < 1.29 is 26.7 Å². The lowest BCUT2D eigenvalue weighted by Crippen LogP contribution is -2.46. The van der Waals surface area contributed by atoms with Crippen LogP contribution in [-0.4, -0.2) is 17.9 Å². The number of benzene rings is 1. The zero-order valence-electron chi connectivity index (χ0n) is 8.71. The van der Waals surface area contributed by atoms with E-state index >= 15 is 0 Å². The van der Waals surface area contributed by atoms with Crippen LogP contribution in [0.15, 0.2) is 30.3 Å². The van der Waals surface area contributed by atoms with Crippen LogP contribution in [0.4, 0.5) is 22.0 Å². The number of ketones is 1. The Kier molecular flexibility index (Phi) is 3.70. The average molecular weight is 263 g/mol. The molecule has 1 rings (SSSR count). The Morgan fingerprint density at radius 1 is 1.11 bits per heavy atom. The van der Waals surface area contributed by atoms with E-state index in [4.69, 9.17) is 5.26 Å². The molecule has 7 heteroatoms. The van der Waals surface area contributed by atoms with Crippen molar-refractivity contribution in [3.05, 3.63) is 35.9 Å². The summed E-state index contributed by atoms with van der Waals surface area (Å²) < 4.78 is 61.7. The second kappa shape index (κ2) is 4.72. The maximum absolute atomic E-state index is 12.8. The maximum Gasteiger partial charge on any atom is 0.461 e. The van der Waals surface area contributed by atoms with Crippen LogP contribution in [0.2, 0.25) is 0 Å². The minimum absolute atomic E-state index is 0.200. The lowest BCUT2D eigenvalue weighted by molar-refractivity contribution is -0.268. The summed E-state index contributed by atoms with van der Waals surface area (Å²) in [4.78, 5) is 11.2. The second-order valence-electron chi connectivity index (χ2n) is 3.41. The Morgan fingerprint density at radius 2 is 1.61 bits per heavy atom. The summed E-state index contributed by atoms with van der Waals surface area (Å²) in [5.41, 5.74) is -0.200. The second-order valence-corrected chi connectivity index (χ2v) is 3.41. The largest absolute Gasteiger partial charge is 0.461 e. The van der Waals surface area contributed by atoms with E-state index in [-0.39, 0.29) is 5.56 Å². The highest BCUT2D eigenvalue weighted by Gasteiger charge is 2.64. The lowest BCUT2D eigenvalue weighted by Gasteiger charge is -2.20. The van der Waals surface area contributed by atoms with Gasteiger partial charge in [0.1, 0.15) is 5.92 Å². The number of Topliss-reactive ketones (excluding diaryl/α,β-unsaturated/α-hetero) is 1. The first kappa shape index (κ1) is 14.1. The fraction of sp³-hybridized carbons (Fsp3) is 0.273. The van der Waals surface area contributed by atoms with E-state index < -0.39 is 23.8 Å². The summed E-state index contributed by atoms with van der Waals surface area (Å²) >= 11 is 0. The van der Waals surface area contributed by atoms with Gasteiger partial charge in [0.25, 0.3) is 0 Å². The minimum Gasteiger partial charge on any atom is -0.291 e. The quantitative estimate of drug-likeness (QED) is 0.786. The van der Waals surface area contributed by atoms with E-state index in [1.807, 2.05) is 0 Å². The van der Waals surface area contributed by atoms with Gasteiger partial charge in [0.2, 0.25) is 5.78 Å². The average Bonchev–Trinajstić information content (AvgIpc) is 2.29. The topological polar surface area (TPSA) is 40.9 Å². The van der Waals surface area contributed by atoms with Gasteiger partial charge in [-0.15, -0.1) is 0 Å². The van der Waals surface area contributed by atoms with E-state index in [1.165, 1.54) is 24.3 Å². The highest BCUT2D eigenvalue weighted by molar-refractivity contribution is 5.94. The SMILES string of the molecule is N#CC(C(=O)C(F)(F)C(F)(F)F)c1ccccc1. The number of nitrogens with zero attached hydrogens (tertiary/aromatic N) is 1. The number of carbonyl (C=O) groups excluding carboxylic acids is 1. The van der Waals surface area contributed by atoms with Crippen molar-refractivity contribution in [2.24, 2.45) is 0 Å². The summed E-state index contributed by atoms with van der Waals surface area (Å²) in [6, 6.07) is 7.58. The molecule has 0 aromatic heterocycles. The first-order valence-corrected chi connectivity index (χ1v) is 4.65. The molecule has 0 fully saturated rings. The molecular weight excluding hydrogens is 257 g/mol. The van der Waals surface area contributed by atoms with E-state index in [0.717, 1.165) is 12.1 Å². The molecule has 0 spiro atoms. The zero-order valence-corrected chi connectivity index (χ0v) is 8.71. The van der Waals surface area contributed by atoms with Gasteiger partial charge in [-0.05, 0) is 5.56 Å². The molecule has 0 aliphatic carbocycles. The van der Waals surface area contributed by atoms with Crippen LogP contribution in [0.3, 0.4) is 0 Å². The third kappa shape index (κ3) is 2.47. The molecule has 1 unspecified atom stereocenters. The standard InChI is InChI=1S/C11H6F5NO/c12-10(13,11(14,15)16)9(18)8(6-17)7-4-2-1-3-5-7/h1-5,8H. The minimum atomic E-state index is -6.01. The normalized spacial score (nSPS) is 13.8. The van der Waals surface area contributed by atoms with Crippen molar-refractivity contribution in [3.63, 3.8) is 0 Å². The molecule has 0 saturated heterocycles. The molecule has 1 aromatic carbocycles. The highest BCUT2D eigenvalue weighted by Crippen LogP contribution is 2.39. The third-order valence-electron chi connectivity index (χ3n) is 2.19. The zero-order chi connectivity index (χ0) is 14.0. The van der Waals surface area contributed by atoms with Crippen LogP contribution in [0, 0.1) is 11.3 Å². The van der Waals surface area contributed by atoms with Crippen LogP contribution in [0.5, 0.6) is 0 Å². The first-order chi connectivity index (χ1) is 8.21. The molecule has 0 saturated carbocycles. The number of alkyl halides is 5. The Bertz CT molecular complexity index is 474. The molecule has 0 aliphatic rings. The van der Waals surface area contributed by atoms with Gasteiger partial charge in [-0.25, -0.2) is 0 Å². The molecule has 18 heavy (non-hydrogen) atoms. The van der Waals surface area contributed by atoms with Gasteiger partial charge in [0.05, 0.1) is 6.07 Å². The van der Waals surface area contributed by atoms with Crippen molar-refractivity contribution in [1.82, 2.24) is 0 Å². The molecule has 0 radical (unpaired) electrons. The number of halogens is 5. The number of rotatable bonds is 3. The summed E-state index contributed by atoms with van der Waals surface area (Å²) in [6.07, 6.45) is -6.01. The predicted molar refractivity (Wildman–Crippen MR) is 50.8 cm³/mol. The fourth-order valence-electron chi connectivity index (χ4n) is 1.25. The Labute approximate surface area is 98.6 Å². The fourth-order valence-corrected chi connectivity index (χ4v) is 1.25. The monoisotopic (exact) mass is 263 g/mol. The third-order valence-corrected chi connectivity index (χ3v) is 2.19. The molecule has 1 aromatic rings. The van der Waals surface area contributed by atoms with Gasteiger partial charge >= 0.3 is 12.1 Å². The molecule has 0 bridgehead atoms. The molecular formula is C11H6F5NO. The maximum atomic E-state index is 12.8. The van der Waals surface area contributed by atoms with Gasteiger partial charge < -0.3 is 0 Å². The summed E-state index contributed by atoms with van der Waals surface area (Å²) in [5.74, 6) is -10.2. The van der Waals surface area contributed by atoms with E-state index in [9.17, 15) is 26.7 Å². The molecule has 0 amide bonds. The van der Waals surface area contributed by atoms with Crippen molar-refractivity contribution in [3.8, 4) is 6.07 Å². The van der Waals surface area contributed by atoms with E-state index in [2.05, 4.69) is 0 Å². The van der Waals surface area contributed by atoms with Gasteiger partial charge in [-0.1, -0.05) is 30.3 Å². The van der Waals surface area contributed by atoms with Crippen molar-refractivity contribution >= 4 is 5.78 Å². The molecule has 0 heterocycles. The molecule has 0 aliphatic heterocycles. The molecule has 2 nitrogen and oxygen atoms in total. The summed E-state index contributed by atoms with van der Waals surface area (Å²) in [5, 5.41) is 8.61. The van der Waals surface area contributed by atoms with E-state index in [1.54, 1.807) is 0 Å². The highest BCUT2D eigenvalue weighted by atomic mass is 19.4. The first-order valence-electron chi connectivity index (χ1n) is 4.65. The van der Waals surface area contributed by atoms with E-state index in [0.29, 0.717) is 0 Å². The summed E-state index contributed by atoms with van der Waals surface area (Å²) in [7, 11) is 0. The van der Waals surface area contributed by atoms with Gasteiger partial charge in [-0.2, -0.15) is 27.2 Å². The number of nitriles is 1. The lowest BCUT2D eigenvalue weighted by atomic mass is 9.92. The van der Waals surface area contributed by atoms with Crippen molar-refractivity contribution in [1.29, 1.82) is 5.26 Å². The number of hydrogen-bond donors (Lipinski definition) is 0. The Hall–Kier alpha value is -1.97. The van der Waals surface area contributed by atoms with Gasteiger partial charge in [-0.3, -0.25) is 4.79 Å². The number of carbonyl (C=O) groups is 1. The van der Waals surface area contributed by atoms with Crippen LogP contribution in [0.1, 0.15) is 11.5 Å². The van der Waals surface area contributed by atoms with Crippen LogP contribution in [-0.2, 0) is 4.79 Å². The van der Waals surface area contributed by atoms with Crippen LogP contribution >= 0.6 is 0 Å². The van der Waals surface area contributed by atoms with Gasteiger partial charge in [0, 0.05) is 0 Å². The molecule has 1 atom stereocenters. The van der Waals surface area contributed by atoms with Crippen molar-refractivity contribution in [2.45, 2.75) is 18.0 Å².